The van der Waals surface area contributed by atoms with E-state index in [2.05, 4.69) is 0 Å². The lowest BCUT2D eigenvalue weighted by molar-refractivity contribution is -0.383. The fourth-order valence-electron chi connectivity index (χ4n) is 3.06. The van der Waals surface area contributed by atoms with Crippen LogP contribution in [0.1, 0.15) is 28.5 Å². The van der Waals surface area contributed by atoms with Crippen LogP contribution in [0.3, 0.4) is 0 Å². The molecule has 0 saturated carbocycles. The minimum Gasteiger partial charge on any atom is -0.461 e. The molecule has 2 aromatic carbocycles. The van der Waals surface area contributed by atoms with E-state index in [1.807, 2.05) is 19.1 Å². The second-order valence-electron chi connectivity index (χ2n) is 5.89. The van der Waals surface area contributed by atoms with Crippen molar-refractivity contribution in [2.45, 2.75) is 20.4 Å². The van der Waals surface area contributed by atoms with Crippen molar-refractivity contribution in [2.24, 2.45) is 0 Å². The predicted octanol–water partition coefficient (Wildman–Crippen LogP) is 4.74. The summed E-state index contributed by atoms with van der Waals surface area (Å²) in [7, 11) is 0. The van der Waals surface area contributed by atoms with Gasteiger partial charge in [-0.2, -0.15) is 0 Å². The first-order valence-electron chi connectivity index (χ1n) is 8.11. The van der Waals surface area contributed by atoms with Gasteiger partial charge in [-0.3, -0.25) is 10.1 Å². The minimum absolute atomic E-state index is 0.0407. The molecule has 0 radical (unpaired) electrons. The number of ether oxygens (including phenoxy) is 1. The lowest BCUT2D eigenvalue weighted by Gasteiger charge is -2.12. The number of nitro benzene ring substituents is 1. The topological polar surface area (TPSA) is 74.4 Å². The van der Waals surface area contributed by atoms with Gasteiger partial charge >= 0.3 is 5.97 Å². The molecule has 3 aromatic rings. The quantitative estimate of drug-likeness (QED) is 0.368. The van der Waals surface area contributed by atoms with Crippen LogP contribution in [0.4, 0.5) is 5.69 Å². The van der Waals surface area contributed by atoms with Gasteiger partial charge in [-0.25, -0.2) is 4.79 Å². The number of halogens is 1. The molecule has 0 fully saturated rings. The van der Waals surface area contributed by atoms with E-state index < -0.39 is 10.9 Å². The van der Waals surface area contributed by atoms with Crippen LogP contribution in [-0.4, -0.2) is 22.1 Å². The SMILES string of the molecule is CCOC(=O)c1cc2c([N+](=O)[O-])ccc(C)c2n1Cc1cccc(Cl)c1. The Bertz CT molecular complexity index is 1010. The molecular formula is C19H17ClN2O4. The van der Waals surface area contributed by atoms with Gasteiger partial charge in [0, 0.05) is 17.6 Å². The Morgan fingerprint density at radius 2 is 2.04 bits per heavy atom. The Morgan fingerprint density at radius 3 is 2.69 bits per heavy atom. The Hall–Kier alpha value is -2.86. The summed E-state index contributed by atoms with van der Waals surface area (Å²) in [6, 6.07) is 11.9. The summed E-state index contributed by atoms with van der Waals surface area (Å²) >= 11 is 6.06. The Kier molecular flexibility index (Phi) is 4.95. The Balaban J connectivity index is 2.26. The average Bonchev–Trinajstić information content (AvgIpc) is 2.95. The Morgan fingerprint density at radius 1 is 1.27 bits per heavy atom. The fraction of sp³-hybridized carbons (Fsp3) is 0.211. The lowest BCUT2D eigenvalue weighted by Crippen LogP contribution is -2.13. The molecule has 0 amide bonds. The van der Waals surface area contributed by atoms with Crippen molar-refractivity contribution in [1.82, 2.24) is 4.57 Å². The molecular weight excluding hydrogens is 356 g/mol. The number of non-ortho nitro benzene ring substituents is 1. The highest BCUT2D eigenvalue weighted by molar-refractivity contribution is 6.30. The van der Waals surface area contributed by atoms with Crippen molar-refractivity contribution in [3.05, 3.63) is 74.4 Å². The van der Waals surface area contributed by atoms with Gasteiger partial charge in [-0.05, 0) is 43.2 Å². The van der Waals surface area contributed by atoms with Crippen molar-refractivity contribution in [3.63, 3.8) is 0 Å². The zero-order chi connectivity index (χ0) is 18.8. The third-order valence-electron chi connectivity index (χ3n) is 4.15. The molecule has 0 N–H and O–H groups in total. The summed E-state index contributed by atoms with van der Waals surface area (Å²) in [6.07, 6.45) is 0. The minimum atomic E-state index is -0.514. The first-order chi connectivity index (χ1) is 12.4. The van der Waals surface area contributed by atoms with Crippen LogP contribution in [0, 0.1) is 17.0 Å². The summed E-state index contributed by atoms with van der Waals surface area (Å²) in [5.41, 5.74) is 2.59. The number of benzene rings is 2. The number of aryl methyl sites for hydroxylation is 1. The van der Waals surface area contributed by atoms with Crippen LogP contribution in [0.2, 0.25) is 5.02 Å². The van der Waals surface area contributed by atoms with Crippen LogP contribution >= 0.6 is 11.6 Å². The number of nitrogens with zero attached hydrogens (tertiary/aromatic N) is 2. The normalized spacial score (nSPS) is 10.9. The number of hydrogen-bond acceptors (Lipinski definition) is 4. The number of fused-ring (bicyclic) bond motifs is 1. The largest absolute Gasteiger partial charge is 0.461 e. The predicted molar refractivity (Wildman–Crippen MR) is 99.8 cm³/mol. The molecule has 0 unspecified atom stereocenters. The number of rotatable bonds is 5. The number of carbonyl (C=O) groups is 1. The molecule has 1 aromatic heterocycles. The molecule has 6 nitrogen and oxygen atoms in total. The van der Waals surface area contributed by atoms with E-state index in [-0.39, 0.29) is 18.0 Å². The molecule has 0 aliphatic rings. The number of esters is 1. The maximum Gasteiger partial charge on any atom is 0.354 e. The van der Waals surface area contributed by atoms with Gasteiger partial charge in [0.15, 0.2) is 0 Å². The third-order valence-corrected chi connectivity index (χ3v) is 4.38. The van der Waals surface area contributed by atoms with Crippen molar-refractivity contribution in [1.29, 1.82) is 0 Å². The van der Waals surface area contributed by atoms with Gasteiger partial charge < -0.3 is 9.30 Å². The fourth-order valence-corrected chi connectivity index (χ4v) is 3.27. The maximum absolute atomic E-state index is 12.4. The highest BCUT2D eigenvalue weighted by atomic mass is 35.5. The highest BCUT2D eigenvalue weighted by Gasteiger charge is 2.23. The van der Waals surface area contributed by atoms with Crippen LogP contribution in [0.15, 0.2) is 42.5 Å². The van der Waals surface area contributed by atoms with Crippen LogP contribution in [0.5, 0.6) is 0 Å². The van der Waals surface area contributed by atoms with Crippen molar-refractivity contribution in [2.75, 3.05) is 6.61 Å². The molecule has 0 aliphatic heterocycles. The average molecular weight is 373 g/mol. The first kappa shape index (κ1) is 17.9. The molecule has 3 rings (SSSR count). The van der Waals surface area contributed by atoms with Crippen molar-refractivity contribution in [3.8, 4) is 0 Å². The molecule has 0 spiro atoms. The second-order valence-corrected chi connectivity index (χ2v) is 6.32. The van der Waals surface area contributed by atoms with E-state index in [4.69, 9.17) is 16.3 Å². The third kappa shape index (κ3) is 3.28. The van der Waals surface area contributed by atoms with E-state index in [0.29, 0.717) is 22.5 Å². The second kappa shape index (κ2) is 7.17. The highest BCUT2D eigenvalue weighted by Crippen LogP contribution is 2.32. The lowest BCUT2D eigenvalue weighted by atomic mass is 10.1. The van der Waals surface area contributed by atoms with Crippen molar-refractivity contribution >= 4 is 34.2 Å². The van der Waals surface area contributed by atoms with Gasteiger partial charge in [-0.15, -0.1) is 0 Å². The van der Waals surface area contributed by atoms with Gasteiger partial charge in [0.05, 0.1) is 22.4 Å². The molecule has 0 aliphatic carbocycles. The van der Waals surface area contributed by atoms with Gasteiger partial charge in [0.2, 0.25) is 0 Å². The standard InChI is InChI=1S/C19H17ClN2O4/c1-3-26-19(23)17-10-15-16(22(24)25)8-7-12(2)18(15)21(17)11-13-5-4-6-14(20)9-13/h4-10H,3,11H2,1-2H3. The van der Waals surface area contributed by atoms with Gasteiger partial charge in [0.1, 0.15) is 5.69 Å². The Labute approximate surface area is 155 Å². The summed E-state index contributed by atoms with van der Waals surface area (Å²) in [5, 5.41) is 12.4. The molecule has 0 bridgehead atoms. The summed E-state index contributed by atoms with van der Waals surface area (Å²) in [5.74, 6) is -0.514. The zero-order valence-electron chi connectivity index (χ0n) is 14.4. The smallest absolute Gasteiger partial charge is 0.354 e. The summed E-state index contributed by atoms with van der Waals surface area (Å²) < 4.78 is 6.90. The van der Waals surface area contributed by atoms with E-state index in [0.717, 1.165) is 11.1 Å². The van der Waals surface area contributed by atoms with E-state index >= 15 is 0 Å². The van der Waals surface area contributed by atoms with Crippen LogP contribution < -0.4 is 0 Å². The van der Waals surface area contributed by atoms with E-state index in [1.165, 1.54) is 12.1 Å². The van der Waals surface area contributed by atoms with Gasteiger partial charge in [-0.1, -0.05) is 29.8 Å². The first-order valence-corrected chi connectivity index (χ1v) is 8.49. The molecule has 1 heterocycles. The van der Waals surface area contributed by atoms with E-state index in [9.17, 15) is 14.9 Å². The molecule has 134 valence electrons. The molecule has 26 heavy (non-hydrogen) atoms. The summed E-state index contributed by atoms with van der Waals surface area (Å²) in [6.45, 7) is 4.14. The van der Waals surface area contributed by atoms with Gasteiger partial charge in [0.25, 0.3) is 5.69 Å². The molecule has 0 saturated heterocycles. The maximum atomic E-state index is 12.4. The number of hydrogen-bond donors (Lipinski definition) is 0. The number of aromatic nitrogens is 1. The number of carbonyl (C=O) groups excluding carboxylic acids is 1. The molecule has 7 heteroatoms. The zero-order valence-corrected chi connectivity index (χ0v) is 15.1. The van der Waals surface area contributed by atoms with Crippen LogP contribution in [-0.2, 0) is 11.3 Å². The monoisotopic (exact) mass is 372 g/mol. The molecule has 0 atom stereocenters. The summed E-state index contributed by atoms with van der Waals surface area (Å²) in [4.78, 5) is 23.4. The number of nitro groups is 1. The van der Waals surface area contributed by atoms with Crippen molar-refractivity contribution < 1.29 is 14.5 Å². The van der Waals surface area contributed by atoms with Crippen LogP contribution in [0.25, 0.3) is 10.9 Å². The van der Waals surface area contributed by atoms with E-state index in [1.54, 1.807) is 29.7 Å².